The lowest BCUT2D eigenvalue weighted by Crippen LogP contribution is -1.80. The molecule has 1 N–H and O–H groups in total. The van der Waals surface area contributed by atoms with Gasteiger partial charge in [0.05, 0.1) is 0 Å². The van der Waals surface area contributed by atoms with Crippen molar-refractivity contribution in [1.82, 2.24) is 5.16 Å². The summed E-state index contributed by atoms with van der Waals surface area (Å²) in [6.07, 6.45) is 1.48. The third-order valence-corrected chi connectivity index (χ3v) is 0.619. The molecule has 0 bridgehead atoms. The number of anilines is 1. The fourth-order valence-corrected chi connectivity index (χ4v) is 0.304. The summed E-state index contributed by atoms with van der Waals surface area (Å²) < 4.78 is 4.45. The van der Waals surface area contributed by atoms with Crippen molar-refractivity contribution in [3.05, 3.63) is 19.4 Å². The molecule has 0 saturated heterocycles. The predicted octanol–water partition coefficient (Wildman–Crippen LogP) is 0.878. The minimum absolute atomic E-state index is 0.653. The molecule has 0 unspecified atom stereocenters. The van der Waals surface area contributed by atoms with E-state index in [0.29, 0.717) is 5.82 Å². The number of aromatic nitrogens is 1. The second-order valence-electron chi connectivity index (χ2n) is 1.06. The van der Waals surface area contributed by atoms with E-state index < -0.39 is 0 Å². The highest BCUT2D eigenvalue weighted by atomic mass is 16.5. The summed E-state index contributed by atoms with van der Waals surface area (Å²) in [5.41, 5.74) is 0. The molecule has 0 spiro atoms. The van der Waals surface area contributed by atoms with Crippen molar-refractivity contribution in [2.45, 2.75) is 0 Å². The first-order valence-corrected chi connectivity index (χ1v) is 1.87. The maximum Gasteiger partial charge on any atom is 0.169 e. The standard InChI is InChI=1S/C4H5N2O/c1-5-4-2-3-7-6-4/h2-3H,1H2,(H,5,6). The van der Waals surface area contributed by atoms with Gasteiger partial charge in [-0.25, -0.2) is 0 Å². The maximum atomic E-state index is 4.45. The smallest absolute Gasteiger partial charge is 0.169 e. The molecule has 7 heavy (non-hydrogen) atoms. The van der Waals surface area contributed by atoms with Crippen molar-refractivity contribution in [3.63, 3.8) is 0 Å². The molecule has 0 saturated carbocycles. The van der Waals surface area contributed by atoms with Gasteiger partial charge in [0.2, 0.25) is 0 Å². The van der Waals surface area contributed by atoms with Crippen LogP contribution in [0.3, 0.4) is 0 Å². The van der Waals surface area contributed by atoms with Gasteiger partial charge in [-0.15, -0.1) is 0 Å². The van der Waals surface area contributed by atoms with Crippen LogP contribution in [0.5, 0.6) is 0 Å². The van der Waals surface area contributed by atoms with E-state index >= 15 is 0 Å². The van der Waals surface area contributed by atoms with Crippen LogP contribution in [0.15, 0.2) is 16.9 Å². The molecule has 0 aliphatic heterocycles. The van der Waals surface area contributed by atoms with Crippen LogP contribution in [0.25, 0.3) is 0 Å². The van der Waals surface area contributed by atoms with Crippen LogP contribution in [-0.4, -0.2) is 5.16 Å². The molecule has 1 rings (SSSR count). The molecule has 3 heteroatoms. The molecule has 0 fully saturated rings. The third-order valence-electron chi connectivity index (χ3n) is 0.619. The molecule has 1 aromatic rings. The van der Waals surface area contributed by atoms with E-state index in [1.165, 1.54) is 6.26 Å². The molecule has 0 atom stereocenters. The van der Waals surface area contributed by atoms with E-state index in [-0.39, 0.29) is 0 Å². The average Bonchev–Trinajstić information content (AvgIpc) is 2.14. The molecular weight excluding hydrogens is 92.1 g/mol. The third kappa shape index (κ3) is 0.707. The SMILES string of the molecule is [CH2]Nc1ccon1. The van der Waals surface area contributed by atoms with Gasteiger partial charge in [0.15, 0.2) is 5.82 Å². The van der Waals surface area contributed by atoms with Gasteiger partial charge in [-0.1, -0.05) is 5.16 Å². The van der Waals surface area contributed by atoms with E-state index in [9.17, 15) is 0 Å². The zero-order valence-corrected chi connectivity index (χ0v) is 3.72. The zero-order valence-electron chi connectivity index (χ0n) is 3.72. The number of nitrogens with one attached hydrogen (secondary N) is 1. The van der Waals surface area contributed by atoms with E-state index in [4.69, 9.17) is 0 Å². The summed E-state index contributed by atoms with van der Waals surface area (Å²) in [7, 11) is 3.36. The molecule has 3 nitrogen and oxygen atoms in total. The van der Waals surface area contributed by atoms with Gasteiger partial charge in [-0.2, -0.15) is 0 Å². The predicted molar refractivity (Wildman–Crippen MR) is 25.5 cm³/mol. The molecule has 37 valence electrons. The maximum absolute atomic E-state index is 4.45. The summed E-state index contributed by atoms with van der Waals surface area (Å²) in [6.45, 7) is 0. The highest BCUT2D eigenvalue weighted by Crippen LogP contribution is 1.97. The highest BCUT2D eigenvalue weighted by molar-refractivity contribution is 5.30. The Morgan fingerprint density at radius 1 is 1.86 bits per heavy atom. The summed E-state index contributed by atoms with van der Waals surface area (Å²) in [4.78, 5) is 0. The lowest BCUT2D eigenvalue weighted by atomic mass is 10.7. The van der Waals surface area contributed by atoms with Crippen LogP contribution in [0.1, 0.15) is 0 Å². The van der Waals surface area contributed by atoms with Crippen LogP contribution in [-0.2, 0) is 0 Å². The molecule has 0 aliphatic rings. The Labute approximate surface area is 41.3 Å². The summed E-state index contributed by atoms with van der Waals surface area (Å²) in [5.74, 6) is 0.653. The quantitative estimate of drug-likeness (QED) is 0.565. The fraction of sp³-hybridized carbons (Fsp3) is 0. The first kappa shape index (κ1) is 4.18. The van der Waals surface area contributed by atoms with Crippen molar-refractivity contribution in [1.29, 1.82) is 0 Å². The Balaban J connectivity index is 2.76. The minimum atomic E-state index is 0.653. The molecule has 1 heterocycles. The lowest BCUT2D eigenvalue weighted by molar-refractivity contribution is 0.423. The Morgan fingerprint density at radius 3 is 3.00 bits per heavy atom. The molecule has 1 aromatic heterocycles. The minimum Gasteiger partial charge on any atom is -0.365 e. The van der Waals surface area contributed by atoms with Gasteiger partial charge in [0.25, 0.3) is 0 Å². The van der Waals surface area contributed by atoms with E-state index in [1.807, 2.05) is 0 Å². The normalized spacial score (nSPS) is 8.71. The molecule has 1 radical (unpaired) electrons. The van der Waals surface area contributed by atoms with Gasteiger partial charge in [-0.3, -0.25) is 0 Å². The van der Waals surface area contributed by atoms with Crippen molar-refractivity contribution in [2.75, 3.05) is 5.32 Å². The number of hydrogen-bond donors (Lipinski definition) is 1. The first-order valence-electron chi connectivity index (χ1n) is 1.87. The Kier molecular flexibility index (Phi) is 0.978. The van der Waals surface area contributed by atoms with Crippen molar-refractivity contribution >= 4 is 5.82 Å². The molecular formula is C4H5N2O. The van der Waals surface area contributed by atoms with Gasteiger partial charge in [0.1, 0.15) is 6.26 Å². The summed E-state index contributed by atoms with van der Waals surface area (Å²) in [6, 6.07) is 1.69. The van der Waals surface area contributed by atoms with Crippen LogP contribution >= 0.6 is 0 Å². The average molecular weight is 97.1 g/mol. The van der Waals surface area contributed by atoms with Gasteiger partial charge in [0, 0.05) is 13.1 Å². The summed E-state index contributed by atoms with van der Waals surface area (Å²) in [5, 5.41) is 6.04. The van der Waals surface area contributed by atoms with Crippen molar-refractivity contribution in [2.24, 2.45) is 0 Å². The zero-order chi connectivity index (χ0) is 5.11. The van der Waals surface area contributed by atoms with E-state index in [2.05, 4.69) is 22.0 Å². The Hall–Kier alpha value is -0.990. The Morgan fingerprint density at radius 2 is 2.71 bits per heavy atom. The fourth-order valence-electron chi connectivity index (χ4n) is 0.304. The topological polar surface area (TPSA) is 38.1 Å². The second-order valence-corrected chi connectivity index (χ2v) is 1.06. The van der Waals surface area contributed by atoms with Crippen molar-refractivity contribution in [3.8, 4) is 0 Å². The van der Waals surface area contributed by atoms with Gasteiger partial charge in [-0.05, 0) is 0 Å². The molecule has 0 aromatic carbocycles. The lowest BCUT2D eigenvalue weighted by Gasteiger charge is -1.81. The Bertz CT molecular complexity index is 124. The van der Waals surface area contributed by atoms with Crippen LogP contribution in [0.2, 0.25) is 0 Å². The highest BCUT2D eigenvalue weighted by Gasteiger charge is 1.84. The number of rotatable bonds is 1. The largest absolute Gasteiger partial charge is 0.365 e. The monoisotopic (exact) mass is 97.0 g/mol. The van der Waals surface area contributed by atoms with Crippen LogP contribution in [0, 0.1) is 7.05 Å². The van der Waals surface area contributed by atoms with E-state index in [1.54, 1.807) is 6.07 Å². The molecule has 0 amide bonds. The first-order chi connectivity index (χ1) is 3.43. The van der Waals surface area contributed by atoms with Gasteiger partial charge < -0.3 is 9.84 Å². The van der Waals surface area contributed by atoms with Gasteiger partial charge >= 0.3 is 0 Å². The summed E-state index contributed by atoms with van der Waals surface area (Å²) >= 11 is 0. The molecule has 0 aliphatic carbocycles. The number of nitrogens with zero attached hydrogens (tertiary/aromatic N) is 1. The number of hydrogen-bond acceptors (Lipinski definition) is 3. The van der Waals surface area contributed by atoms with Crippen LogP contribution < -0.4 is 5.32 Å². The van der Waals surface area contributed by atoms with E-state index in [0.717, 1.165) is 0 Å². The second kappa shape index (κ2) is 1.64. The van der Waals surface area contributed by atoms with Crippen LogP contribution in [0.4, 0.5) is 5.82 Å². The van der Waals surface area contributed by atoms with Crippen molar-refractivity contribution < 1.29 is 4.52 Å².